The van der Waals surface area contributed by atoms with Crippen LogP contribution in [-0.2, 0) is 14.2 Å². The summed E-state index contributed by atoms with van der Waals surface area (Å²) in [5.74, 6) is 0.595. The Morgan fingerprint density at radius 2 is 1.05 bits per heavy atom. The third-order valence-corrected chi connectivity index (χ3v) is 1.58. The van der Waals surface area contributed by atoms with Crippen molar-refractivity contribution in [2.24, 2.45) is 5.92 Å². The molecule has 0 N–H and O–H groups in total. The minimum absolute atomic E-state index is 0. The quantitative estimate of drug-likeness (QED) is 0.549. The highest BCUT2D eigenvalue weighted by Crippen LogP contribution is 1.93. The van der Waals surface area contributed by atoms with Crippen molar-refractivity contribution >= 4 is 0 Å². The Labute approximate surface area is 126 Å². The first-order valence-corrected chi connectivity index (χ1v) is 4.85. The lowest BCUT2D eigenvalue weighted by molar-refractivity contribution is -0.00966. The Balaban J connectivity index is -0.0000000480. The molecule has 128 valence electrons. The van der Waals surface area contributed by atoms with Gasteiger partial charge < -0.3 is 14.2 Å². The second-order valence-electron chi connectivity index (χ2n) is 3.59. The Morgan fingerprint density at radius 1 is 0.684 bits per heavy atom. The lowest BCUT2D eigenvalue weighted by atomic mass is 10.2. The molecule has 0 aromatic carbocycles. The van der Waals surface area contributed by atoms with Crippen LogP contribution in [0.3, 0.4) is 0 Å². The molecule has 0 saturated carbocycles. The summed E-state index contributed by atoms with van der Waals surface area (Å²) in [5, 5.41) is 0. The maximum atomic E-state index is 5.34. The Hall–Kier alpha value is -0.120. The van der Waals surface area contributed by atoms with Crippen molar-refractivity contribution in [3.63, 3.8) is 0 Å². The van der Waals surface area contributed by atoms with Crippen LogP contribution < -0.4 is 0 Å². The van der Waals surface area contributed by atoms with Crippen LogP contribution in [0.25, 0.3) is 0 Å². The van der Waals surface area contributed by atoms with Gasteiger partial charge in [0, 0.05) is 13.7 Å². The van der Waals surface area contributed by atoms with Gasteiger partial charge in [-0.1, -0.05) is 58.4 Å². The lowest BCUT2D eigenvalue weighted by Gasteiger charge is -2.10. The van der Waals surface area contributed by atoms with Crippen LogP contribution in [0.15, 0.2) is 0 Å². The molecule has 1 unspecified atom stereocenters. The van der Waals surface area contributed by atoms with Crippen molar-refractivity contribution in [1.82, 2.24) is 0 Å². The van der Waals surface area contributed by atoms with Crippen LogP contribution in [0.5, 0.6) is 0 Å². The largest absolute Gasteiger partial charge is 0.379 e. The van der Waals surface area contributed by atoms with E-state index in [1.165, 1.54) is 0 Å². The van der Waals surface area contributed by atoms with E-state index >= 15 is 0 Å². The van der Waals surface area contributed by atoms with Crippen molar-refractivity contribution in [3.8, 4) is 0 Å². The summed E-state index contributed by atoms with van der Waals surface area (Å²) in [6, 6.07) is 0. The van der Waals surface area contributed by atoms with Gasteiger partial charge in [-0.05, 0) is 12.8 Å². The van der Waals surface area contributed by atoms with Gasteiger partial charge >= 0.3 is 0 Å². The molecule has 3 nitrogen and oxygen atoms in total. The fourth-order valence-electron chi connectivity index (χ4n) is 0.754. The lowest BCUT2D eigenvalue weighted by Crippen LogP contribution is -2.16. The smallest absolute Gasteiger partial charge is 0.0776 e. The average molecular weight is 287 g/mol. The number of ether oxygens (including phenoxy) is 3. The highest BCUT2D eigenvalue weighted by molar-refractivity contribution is 4.44. The molecule has 0 fully saturated rings. The first-order chi connectivity index (χ1) is 6.16. The van der Waals surface area contributed by atoms with Crippen LogP contribution >= 0.6 is 0 Å². The van der Waals surface area contributed by atoms with E-state index in [0.29, 0.717) is 25.7 Å². The van der Waals surface area contributed by atoms with Gasteiger partial charge in [0.05, 0.1) is 25.9 Å². The highest BCUT2D eigenvalue weighted by atomic mass is 16.5. The number of methoxy groups -OCH3 is 1. The first kappa shape index (κ1) is 42.8. The summed E-state index contributed by atoms with van der Waals surface area (Å²) in [7, 11) is 1.68. The zero-order valence-electron chi connectivity index (χ0n) is 9.21. The minimum Gasteiger partial charge on any atom is -0.379 e. The molecule has 0 rings (SSSR count). The van der Waals surface area contributed by atoms with Gasteiger partial charge in [-0.15, -0.1) is 0 Å². The van der Waals surface area contributed by atoms with Crippen molar-refractivity contribution in [1.29, 1.82) is 0 Å². The third-order valence-electron chi connectivity index (χ3n) is 1.58. The van der Waals surface area contributed by atoms with Crippen molar-refractivity contribution in [2.75, 3.05) is 33.5 Å². The summed E-state index contributed by atoms with van der Waals surface area (Å²) < 4.78 is 15.7. The monoisotopic (exact) mass is 286 g/mol. The van der Waals surface area contributed by atoms with Gasteiger partial charge in [0.2, 0.25) is 0 Å². The Morgan fingerprint density at radius 3 is 1.37 bits per heavy atom. The molecule has 0 aromatic rings. The molecule has 19 heavy (non-hydrogen) atoms. The molecule has 0 aromatic heterocycles. The fourth-order valence-corrected chi connectivity index (χ4v) is 0.754. The van der Waals surface area contributed by atoms with E-state index in [2.05, 4.69) is 13.8 Å². The number of rotatable bonds is 8. The van der Waals surface area contributed by atoms with Gasteiger partial charge in [0.25, 0.3) is 0 Å². The molecule has 0 aliphatic heterocycles. The fraction of sp³-hybridized carbons (Fsp3) is 1.00. The van der Waals surface area contributed by atoms with Crippen molar-refractivity contribution in [2.45, 2.75) is 71.4 Å². The summed E-state index contributed by atoms with van der Waals surface area (Å²) in [5.41, 5.74) is 0. The van der Waals surface area contributed by atoms with Crippen LogP contribution in [0.4, 0.5) is 0 Å². The zero-order valence-corrected chi connectivity index (χ0v) is 9.21. The molecule has 0 spiro atoms. The van der Waals surface area contributed by atoms with E-state index in [0.717, 1.165) is 6.61 Å². The number of hydrogen-bond donors (Lipinski definition) is 0. The van der Waals surface area contributed by atoms with E-state index in [4.69, 9.17) is 14.2 Å². The molecule has 1 atom stereocenters. The first-order valence-electron chi connectivity index (χ1n) is 4.85. The molecule has 0 aliphatic rings. The standard InChI is InChI=1S/C10H22O3.6CH4/c1-9(2)7-12-5-6-13-8-10(3)11-4;;;;;;/h9-10H,5-8H2,1-4H3;6*1H4. The molecular formula is C16H46O3. The predicted octanol–water partition coefficient (Wildman–Crippen LogP) is 5.53. The molecule has 0 amide bonds. The summed E-state index contributed by atoms with van der Waals surface area (Å²) in [4.78, 5) is 0. The van der Waals surface area contributed by atoms with E-state index in [-0.39, 0.29) is 50.7 Å². The topological polar surface area (TPSA) is 27.7 Å². The van der Waals surface area contributed by atoms with E-state index < -0.39 is 0 Å². The zero-order chi connectivity index (χ0) is 10.1. The average Bonchev–Trinajstić information content (AvgIpc) is 2.10. The van der Waals surface area contributed by atoms with Crippen molar-refractivity contribution in [3.05, 3.63) is 0 Å². The SMILES string of the molecule is C.C.C.C.C.C.COC(C)COCCOCC(C)C. The predicted molar refractivity (Wildman–Crippen MR) is 93.3 cm³/mol. The normalized spacial score (nSPS) is 9.32. The second kappa shape index (κ2) is 30.7. The van der Waals surface area contributed by atoms with E-state index in [1.807, 2.05) is 6.92 Å². The maximum Gasteiger partial charge on any atom is 0.0776 e. The van der Waals surface area contributed by atoms with Crippen LogP contribution in [0.2, 0.25) is 0 Å². The minimum atomic E-state index is 0. The molecule has 0 heterocycles. The van der Waals surface area contributed by atoms with Crippen LogP contribution in [0.1, 0.15) is 65.3 Å². The van der Waals surface area contributed by atoms with Gasteiger partial charge in [-0.3, -0.25) is 0 Å². The van der Waals surface area contributed by atoms with Crippen molar-refractivity contribution < 1.29 is 14.2 Å². The van der Waals surface area contributed by atoms with Gasteiger partial charge in [0.15, 0.2) is 0 Å². The van der Waals surface area contributed by atoms with Crippen LogP contribution in [0, 0.1) is 5.92 Å². The highest BCUT2D eigenvalue weighted by Gasteiger charge is 1.98. The third kappa shape index (κ3) is 38.1. The van der Waals surface area contributed by atoms with Gasteiger partial charge in [-0.25, -0.2) is 0 Å². The molecule has 3 heteroatoms. The molecule has 0 radical (unpaired) electrons. The van der Waals surface area contributed by atoms with E-state index in [1.54, 1.807) is 7.11 Å². The van der Waals surface area contributed by atoms with Gasteiger partial charge in [0.1, 0.15) is 0 Å². The summed E-state index contributed by atoms with van der Waals surface area (Å²) >= 11 is 0. The summed E-state index contributed by atoms with van der Waals surface area (Å²) in [6.45, 7) is 9.02. The van der Waals surface area contributed by atoms with Gasteiger partial charge in [-0.2, -0.15) is 0 Å². The molecular weight excluding hydrogens is 240 g/mol. The Kier molecular flexibility index (Phi) is 69.1. The molecule has 0 aliphatic carbocycles. The molecule has 0 bridgehead atoms. The maximum absolute atomic E-state index is 5.34. The van der Waals surface area contributed by atoms with Crippen LogP contribution in [-0.4, -0.2) is 39.6 Å². The number of hydrogen-bond acceptors (Lipinski definition) is 3. The molecule has 0 saturated heterocycles. The Bertz CT molecular complexity index is 106. The summed E-state index contributed by atoms with van der Waals surface area (Å²) in [6.07, 6.45) is 0.171. The second-order valence-corrected chi connectivity index (χ2v) is 3.59. The van der Waals surface area contributed by atoms with E-state index in [9.17, 15) is 0 Å².